The molecule has 108 valence electrons. The van der Waals surface area contributed by atoms with Gasteiger partial charge < -0.3 is 11.1 Å². The lowest BCUT2D eigenvalue weighted by Crippen LogP contribution is -2.45. The third-order valence-electron chi connectivity index (χ3n) is 3.69. The van der Waals surface area contributed by atoms with Gasteiger partial charge in [-0.05, 0) is 30.8 Å². The van der Waals surface area contributed by atoms with Crippen LogP contribution < -0.4 is 11.1 Å². The summed E-state index contributed by atoms with van der Waals surface area (Å²) >= 11 is 1.38. The minimum atomic E-state index is -0.0368. The molecule has 20 heavy (non-hydrogen) atoms. The average molecular weight is 292 g/mol. The molecule has 3 N–H and O–H groups in total. The summed E-state index contributed by atoms with van der Waals surface area (Å²) in [5, 5.41) is 14.2. The van der Waals surface area contributed by atoms with Gasteiger partial charge in [0.05, 0.1) is 5.56 Å². The van der Waals surface area contributed by atoms with Crippen LogP contribution in [0.3, 0.4) is 0 Å². The van der Waals surface area contributed by atoms with E-state index in [-0.39, 0.29) is 5.91 Å². The Hall–Kier alpha value is -1.42. The second-order valence-electron chi connectivity index (χ2n) is 4.99. The number of nitrogens with one attached hydrogen (secondary N) is 1. The van der Waals surface area contributed by atoms with Crippen LogP contribution >= 0.6 is 11.3 Å². The van der Waals surface area contributed by atoms with E-state index in [2.05, 4.69) is 16.3 Å². The number of nitriles is 1. The summed E-state index contributed by atoms with van der Waals surface area (Å²) in [5.41, 5.74) is 6.30. The minimum Gasteiger partial charge on any atom is -0.329 e. The number of thiophene rings is 1. The van der Waals surface area contributed by atoms with E-state index in [1.54, 1.807) is 6.07 Å². The van der Waals surface area contributed by atoms with Crippen molar-refractivity contribution in [3.63, 3.8) is 0 Å². The smallest absolute Gasteiger partial charge is 0.226 e. The van der Waals surface area contributed by atoms with Crippen LogP contribution in [0.5, 0.6) is 0 Å². The Labute approximate surface area is 123 Å². The predicted molar refractivity (Wildman–Crippen MR) is 80.5 cm³/mol. The van der Waals surface area contributed by atoms with Gasteiger partial charge in [-0.25, -0.2) is 0 Å². The Morgan fingerprint density at radius 1 is 1.60 bits per heavy atom. The maximum absolute atomic E-state index is 11.9. The number of amides is 1. The van der Waals surface area contributed by atoms with Crippen LogP contribution in [0.15, 0.2) is 11.4 Å². The Bertz CT molecular complexity index is 494. The molecule has 0 radical (unpaired) electrons. The Morgan fingerprint density at radius 3 is 3.20 bits per heavy atom. The summed E-state index contributed by atoms with van der Waals surface area (Å²) in [4.78, 5) is 14.3. The van der Waals surface area contributed by atoms with Crippen molar-refractivity contribution in [2.75, 3.05) is 25.0 Å². The highest BCUT2D eigenvalue weighted by Gasteiger charge is 2.21. The summed E-state index contributed by atoms with van der Waals surface area (Å²) in [7, 11) is 0. The number of nitrogens with zero attached hydrogens (tertiary/aromatic N) is 2. The van der Waals surface area contributed by atoms with Gasteiger partial charge in [0, 0.05) is 25.6 Å². The van der Waals surface area contributed by atoms with Gasteiger partial charge in [-0.3, -0.25) is 9.69 Å². The van der Waals surface area contributed by atoms with Crippen LogP contribution in [0.25, 0.3) is 0 Å². The zero-order valence-corrected chi connectivity index (χ0v) is 12.3. The number of carbonyl (C=O) groups is 1. The normalized spacial score (nSPS) is 19.5. The van der Waals surface area contributed by atoms with E-state index in [0.29, 0.717) is 29.6 Å². The van der Waals surface area contributed by atoms with Gasteiger partial charge in [0.2, 0.25) is 5.91 Å². The van der Waals surface area contributed by atoms with Crippen LogP contribution in [0.4, 0.5) is 5.00 Å². The molecule has 0 bridgehead atoms. The van der Waals surface area contributed by atoms with Crippen molar-refractivity contribution < 1.29 is 4.79 Å². The second-order valence-corrected chi connectivity index (χ2v) is 5.91. The molecule has 0 spiro atoms. The monoisotopic (exact) mass is 292 g/mol. The maximum Gasteiger partial charge on any atom is 0.226 e. The van der Waals surface area contributed by atoms with E-state index in [1.807, 2.05) is 5.38 Å². The summed E-state index contributed by atoms with van der Waals surface area (Å²) in [6.45, 7) is 2.42. The molecule has 1 saturated heterocycles. The summed E-state index contributed by atoms with van der Waals surface area (Å²) in [5.74, 6) is -0.0368. The van der Waals surface area contributed by atoms with Gasteiger partial charge >= 0.3 is 0 Å². The quantitative estimate of drug-likeness (QED) is 0.866. The van der Waals surface area contributed by atoms with E-state index in [4.69, 9.17) is 11.0 Å². The van der Waals surface area contributed by atoms with Gasteiger partial charge in [0.1, 0.15) is 11.1 Å². The second kappa shape index (κ2) is 7.39. The fraction of sp³-hybridized carbons (Fsp3) is 0.571. The lowest BCUT2D eigenvalue weighted by molar-refractivity contribution is -0.116. The highest BCUT2D eigenvalue weighted by molar-refractivity contribution is 7.14. The average Bonchev–Trinajstić information content (AvgIpc) is 2.92. The largest absolute Gasteiger partial charge is 0.329 e. The summed E-state index contributed by atoms with van der Waals surface area (Å²) < 4.78 is 0. The molecule has 1 aliphatic rings. The van der Waals surface area contributed by atoms with E-state index < -0.39 is 0 Å². The van der Waals surface area contributed by atoms with E-state index in [9.17, 15) is 4.79 Å². The number of piperidine rings is 1. The molecular formula is C14H20N4OS. The van der Waals surface area contributed by atoms with E-state index in [1.165, 1.54) is 24.2 Å². The SMILES string of the molecule is N#Cc1ccsc1NC(=O)CCN1CCCCC1CN. The minimum absolute atomic E-state index is 0.0368. The van der Waals surface area contributed by atoms with Gasteiger partial charge in [0.25, 0.3) is 0 Å². The molecule has 0 aliphatic carbocycles. The number of hydrogen-bond acceptors (Lipinski definition) is 5. The van der Waals surface area contributed by atoms with Crippen LogP contribution in [0, 0.1) is 11.3 Å². The van der Waals surface area contributed by atoms with Crippen molar-refractivity contribution in [2.24, 2.45) is 5.73 Å². The molecule has 1 aromatic rings. The molecular weight excluding hydrogens is 272 g/mol. The van der Waals surface area contributed by atoms with Gasteiger partial charge in [0.15, 0.2) is 0 Å². The van der Waals surface area contributed by atoms with Crippen LogP contribution in [-0.2, 0) is 4.79 Å². The molecule has 1 aliphatic heterocycles. The highest BCUT2D eigenvalue weighted by Crippen LogP contribution is 2.22. The van der Waals surface area contributed by atoms with Crippen molar-refractivity contribution in [3.8, 4) is 6.07 Å². The zero-order chi connectivity index (χ0) is 14.4. The first-order valence-corrected chi connectivity index (χ1v) is 7.84. The molecule has 2 heterocycles. The predicted octanol–water partition coefficient (Wildman–Crippen LogP) is 1.76. The first-order valence-electron chi connectivity index (χ1n) is 6.96. The number of anilines is 1. The molecule has 1 unspecified atom stereocenters. The Balaban J connectivity index is 1.81. The van der Waals surface area contributed by atoms with Crippen molar-refractivity contribution in [1.29, 1.82) is 5.26 Å². The highest BCUT2D eigenvalue weighted by atomic mass is 32.1. The number of carbonyl (C=O) groups excluding carboxylic acids is 1. The zero-order valence-electron chi connectivity index (χ0n) is 11.5. The molecule has 1 amide bonds. The third-order valence-corrected chi connectivity index (χ3v) is 4.52. The fourth-order valence-corrected chi connectivity index (χ4v) is 3.30. The fourth-order valence-electron chi connectivity index (χ4n) is 2.55. The summed E-state index contributed by atoms with van der Waals surface area (Å²) in [6, 6.07) is 4.20. The van der Waals surface area contributed by atoms with E-state index >= 15 is 0 Å². The first-order chi connectivity index (χ1) is 9.74. The lowest BCUT2D eigenvalue weighted by atomic mass is 10.0. The molecule has 1 aromatic heterocycles. The lowest BCUT2D eigenvalue weighted by Gasteiger charge is -2.34. The van der Waals surface area contributed by atoms with Crippen LogP contribution in [0.1, 0.15) is 31.2 Å². The molecule has 2 rings (SSSR count). The Kier molecular flexibility index (Phi) is 5.53. The number of hydrogen-bond donors (Lipinski definition) is 2. The van der Waals surface area contributed by atoms with Crippen molar-refractivity contribution in [1.82, 2.24) is 4.90 Å². The first kappa shape index (κ1) is 15.0. The summed E-state index contributed by atoms with van der Waals surface area (Å²) in [6.07, 6.45) is 3.98. The molecule has 1 fully saturated rings. The third kappa shape index (κ3) is 3.79. The molecule has 5 nitrogen and oxygen atoms in total. The Morgan fingerprint density at radius 2 is 2.45 bits per heavy atom. The number of nitrogens with two attached hydrogens (primary N) is 1. The number of rotatable bonds is 5. The van der Waals surface area contributed by atoms with Gasteiger partial charge in [-0.15, -0.1) is 11.3 Å². The topological polar surface area (TPSA) is 82.2 Å². The molecule has 0 aromatic carbocycles. The van der Waals surface area contributed by atoms with Crippen LogP contribution in [0.2, 0.25) is 0 Å². The number of likely N-dealkylation sites (tertiary alicyclic amines) is 1. The molecule has 1 atom stereocenters. The molecule has 0 saturated carbocycles. The van der Waals surface area contributed by atoms with Gasteiger partial charge in [-0.2, -0.15) is 5.26 Å². The van der Waals surface area contributed by atoms with Crippen LogP contribution in [-0.4, -0.2) is 36.5 Å². The van der Waals surface area contributed by atoms with Crippen molar-refractivity contribution in [2.45, 2.75) is 31.7 Å². The maximum atomic E-state index is 11.9. The standard InChI is InChI=1S/C14H20N4OS/c15-9-11-5-8-20-14(11)17-13(19)4-7-18-6-2-1-3-12(18)10-16/h5,8,12H,1-4,6-7,10,16H2,(H,17,19). The molecule has 6 heteroatoms. The van der Waals surface area contributed by atoms with Crippen molar-refractivity contribution >= 4 is 22.2 Å². The van der Waals surface area contributed by atoms with Gasteiger partial charge in [-0.1, -0.05) is 6.42 Å². The van der Waals surface area contributed by atoms with E-state index in [0.717, 1.165) is 19.5 Å². The van der Waals surface area contributed by atoms with Crippen molar-refractivity contribution in [3.05, 3.63) is 17.0 Å².